The molecular formula is C13H18N4OS. The Hall–Kier alpha value is -1.82. The fourth-order valence-electron chi connectivity index (χ4n) is 1.78. The number of nitrogens with one attached hydrogen (secondary N) is 2. The van der Waals surface area contributed by atoms with Crippen molar-refractivity contribution >= 4 is 23.0 Å². The van der Waals surface area contributed by atoms with Gasteiger partial charge in [-0.05, 0) is 25.5 Å². The number of hydrogen-bond donors (Lipinski definition) is 2. The Balaban J connectivity index is 2.15. The summed E-state index contributed by atoms with van der Waals surface area (Å²) in [5.41, 5.74) is 1.33. The van der Waals surface area contributed by atoms with Gasteiger partial charge >= 0.3 is 0 Å². The predicted octanol–water partition coefficient (Wildman–Crippen LogP) is 2.82. The van der Waals surface area contributed by atoms with Gasteiger partial charge in [0, 0.05) is 16.8 Å². The molecule has 0 bridgehead atoms. The van der Waals surface area contributed by atoms with Gasteiger partial charge in [0.2, 0.25) is 5.75 Å². The SMILES string of the molecule is CNc1ncnc(NCc2cc(C)c(C)s2)c1OC. The Kier molecular flexibility index (Phi) is 4.21. The molecule has 0 aliphatic carbocycles. The Labute approximate surface area is 117 Å². The highest BCUT2D eigenvalue weighted by Crippen LogP contribution is 2.29. The van der Waals surface area contributed by atoms with E-state index >= 15 is 0 Å². The van der Waals surface area contributed by atoms with Crippen molar-refractivity contribution in [2.75, 3.05) is 24.8 Å². The zero-order chi connectivity index (χ0) is 13.8. The molecule has 2 rings (SSSR count). The first kappa shape index (κ1) is 13.6. The molecule has 19 heavy (non-hydrogen) atoms. The monoisotopic (exact) mass is 278 g/mol. The number of aromatic nitrogens is 2. The van der Waals surface area contributed by atoms with Gasteiger partial charge in [0.1, 0.15) is 6.33 Å². The molecule has 0 radical (unpaired) electrons. The second-order valence-corrected chi connectivity index (χ2v) is 5.50. The number of aryl methyl sites for hydroxylation is 2. The van der Waals surface area contributed by atoms with Crippen molar-refractivity contribution in [2.24, 2.45) is 0 Å². The highest BCUT2D eigenvalue weighted by atomic mass is 32.1. The van der Waals surface area contributed by atoms with Crippen molar-refractivity contribution in [2.45, 2.75) is 20.4 Å². The first-order chi connectivity index (χ1) is 9.15. The van der Waals surface area contributed by atoms with Crippen LogP contribution in [-0.2, 0) is 6.54 Å². The van der Waals surface area contributed by atoms with E-state index < -0.39 is 0 Å². The van der Waals surface area contributed by atoms with E-state index in [4.69, 9.17) is 4.74 Å². The van der Waals surface area contributed by atoms with Crippen LogP contribution in [0.15, 0.2) is 12.4 Å². The molecule has 102 valence electrons. The van der Waals surface area contributed by atoms with E-state index in [9.17, 15) is 0 Å². The van der Waals surface area contributed by atoms with E-state index in [-0.39, 0.29) is 0 Å². The predicted molar refractivity (Wildman–Crippen MR) is 79.3 cm³/mol. The number of thiophene rings is 1. The van der Waals surface area contributed by atoms with Crippen LogP contribution >= 0.6 is 11.3 Å². The molecule has 6 heteroatoms. The van der Waals surface area contributed by atoms with E-state index in [0.717, 1.165) is 6.54 Å². The van der Waals surface area contributed by atoms with Crippen molar-refractivity contribution in [3.8, 4) is 5.75 Å². The third-order valence-electron chi connectivity index (χ3n) is 2.89. The fraction of sp³-hybridized carbons (Fsp3) is 0.385. The van der Waals surface area contributed by atoms with Crippen LogP contribution in [0.5, 0.6) is 5.75 Å². The van der Waals surface area contributed by atoms with Gasteiger partial charge in [-0.1, -0.05) is 0 Å². The molecule has 2 aromatic heterocycles. The molecule has 0 saturated carbocycles. The standard InChI is InChI=1S/C13H18N4OS/c1-8-5-10(19-9(8)2)6-15-13-11(18-4)12(14-3)16-7-17-13/h5,7H,6H2,1-4H3,(H2,14,15,16,17). The first-order valence-electron chi connectivity index (χ1n) is 6.02. The minimum atomic E-state index is 0.634. The van der Waals surface area contributed by atoms with E-state index in [0.29, 0.717) is 17.4 Å². The van der Waals surface area contributed by atoms with E-state index in [1.165, 1.54) is 21.6 Å². The summed E-state index contributed by atoms with van der Waals surface area (Å²) in [6.45, 7) is 4.99. The van der Waals surface area contributed by atoms with Gasteiger partial charge in [0.05, 0.1) is 13.7 Å². The summed E-state index contributed by atoms with van der Waals surface area (Å²) >= 11 is 1.79. The molecule has 2 N–H and O–H groups in total. The Morgan fingerprint density at radius 1 is 1.26 bits per heavy atom. The van der Waals surface area contributed by atoms with Crippen LogP contribution < -0.4 is 15.4 Å². The Morgan fingerprint density at radius 2 is 2.00 bits per heavy atom. The average molecular weight is 278 g/mol. The van der Waals surface area contributed by atoms with Crippen molar-refractivity contribution in [1.29, 1.82) is 0 Å². The van der Waals surface area contributed by atoms with Gasteiger partial charge in [-0.3, -0.25) is 0 Å². The second-order valence-electron chi connectivity index (χ2n) is 4.16. The second kappa shape index (κ2) is 5.88. The minimum Gasteiger partial charge on any atom is -0.490 e. The minimum absolute atomic E-state index is 0.634. The van der Waals surface area contributed by atoms with E-state index in [2.05, 4.69) is 40.5 Å². The Morgan fingerprint density at radius 3 is 2.58 bits per heavy atom. The lowest BCUT2D eigenvalue weighted by atomic mass is 10.3. The molecule has 2 heterocycles. The highest BCUT2D eigenvalue weighted by Gasteiger charge is 2.11. The first-order valence-corrected chi connectivity index (χ1v) is 6.84. The lowest BCUT2D eigenvalue weighted by Gasteiger charge is -2.12. The van der Waals surface area contributed by atoms with Gasteiger partial charge in [-0.25, -0.2) is 9.97 Å². The molecule has 0 aliphatic rings. The Bertz CT molecular complexity index is 548. The fourth-order valence-corrected chi connectivity index (χ4v) is 2.77. The largest absolute Gasteiger partial charge is 0.490 e. The van der Waals surface area contributed by atoms with Crippen LogP contribution in [0.2, 0.25) is 0 Å². The zero-order valence-electron chi connectivity index (χ0n) is 11.6. The molecular weight excluding hydrogens is 260 g/mol. The molecule has 0 atom stereocenters. The summed E-state index contributed by atoms with van der Waals surface area (Å²) in [5.74, 6) is 2.01. The van der Waals surface area contributed by atoms with Crippen LogP contribution in [0.4, 0.5) is 11.6 Å². The van der Waals surface area contributed by atoms with Gasteiger partial charge < -0.3 is 15.4 Å². The molecule has 0 saturated heterocycles. The molecule has 0 amide bonds. The van der Waals surface area contributed by atoms with Crippen LogP contribution in [0.25, 0.3) is 0 Å². The molecule has 0 fully saturated rings. The summed E-state index contributed by atoms with van der Waals surface area (Å²) in [5, 5.41) is 6.27. The van der Waals surface area contributed by atoms with Crippen LogP contribution in [0.1, 0.15) is 15.3 Å². The topological polar surface area (TPSA) is 59.1 Å². The average Bonchev–Trinajstić information content (AvgIpc) is 2.74. The van der Waals surface area contributed by atoms with Crippen molar-refractivity contribution < 1.29 is 4.74 Å². The lowest BCUT2D eigenvalue weighted by Crippen LogP contribution is -2.05. The van der Waals surface area contributed by atoms with Gasteiger partial charge in [-0.2, -0.15) is 0 Å². The summed E-state index contributed by atoms with van der Waals surface area (Å²) in [4.78, 5) is 11.0. The maximum absolute atomic E-state index is 5.34. The molecule has 0 spiro atoms. The molecule has 0 unspecified atom stereocenters. The summed E-state index contributed by atoms with van der Waals surface area (Å²) < 4.78 is 5.34. The summed E-state index contributed by atoms with van der Waals surface area (Å²) in [6, 6.07) is 2.19. The van der Waals surface area contributed by atoms with Crippen LogP contribution in [-0.4, -0.2) is 24.1 Å². The number of ether oxygens (including phenoxy) is 1. The summed E-state index contributed by atoms with van der Waals surface area (Å²) in [7, 11) is 3.42. The number of rotatable bonds is 5. The van der Waals surface area contributed by atoms with Crippen molar-refractivity contribution in [3.05, 3.63) is 27.7 Å². The number of anilines is 2. The molecule has 5 nitrogen and oxygen atoms in total. The van der Waals surface area contributed by atoms with E-state index in [1.54, 1.807) is 25.5 Å². The van der Waals surface area contributed by atoms with Crippen molar-refractivity contribution in [3.63, 3.8) is 0 Å². The van der Waals surface area contributed by atoms with Gasteiger partial charge in [0.25, 0.3) is 0 Å². The smallest absolute Gasteiger partial charge is 0.204 e. The van der Waals surface area contributed by atoms with E-state index in [1.807, 2.05) is 0 Å². The number of nitrogens with zero attached hydrogens (tertiary/aromatic N) is 2. The van der Waals surface area contributed by atoms with Crippen LogP contribution in [0.3, 0.4) is 0 Å². The zero-order valence-corrected chi connectivity index (χ0v) is 12.4. The molecule has 0 aromatic carbocycles. The molecule has 2 aromatic rings. The third kappa shape index (κ3) is 2.96. The normalized spacial score (nSPS) is 10.3. The van der Waals surface area contributed by atoms with Gasteiger partial charge in [0.15, 0.2) is 11.6 Å². The molecule has 0 aliphatic heterocycles. The maximum Gasteiger partial charge on any atom is 0.204 e. The van der Waals surface area contributed by atoms with Gasteiger partial charge in [-0.15, -0.1) is 11.3 Å². The third-order valence-corrected chi connectivity index (χ3v) is 4.04. The summed E-state index contributed by atoms with van der Waals surface area (Å²) in [6.07, 6.45) is 1.52. The van der Waals surface area contributed by atoms with Crippen LogP contribution in [0, 0.1) is 13.8 Å². The highest BCUT2D eigenvalue weighted by molar-refractivity contribution is 7.12. The number of methoxy groups -OCH3 is 1. The van der Waals surface area contributed by atoms with Crippen molar-refractivity contribution in [1.82, 2.24) is 9.97 Å². The number of hydrogen-bond acceptors (Lipinski definition) is 6. The maximum atomic E-state index is 5.34. The quantitative estimate of drug-likeness (QED) is 0.880. The lowest BCUT2D eigenvalue weighted by molar-refractivity contribution is 0.415.